The summed E-state index contributed by atoms with van der Waals surface area (Å²) in [5, 5.41) is 0. The van der Waals surface area contributed by atoms with Crippen molar-refractivity contribution in [2.45, 2.75) is 6.42 Å². The molecule has 2 N–H and O–H groups in total. The Morgan fingerprint density at radius 2 is 2.16 bits per heavy atom. The van der Waals surface area contributed by atoms with E-state index in [1.54, 1.807) is 18.2 Å². The number of hydrogen-bond acceptors (Lipinski definition) is 5. The molecule has 0 spiro atoms. The van der Waals surface area contributed by atoms with Crippen molar-refractivity contribution in [2.24, 2.45) is 5.73 Å². The highest BCUT2D eigenvalue weighted by Crippen LogP contribution is 2.29. The molecule has 2 aromatic rings. The zero-order valence-corrected chi connectivity index (χ0v) is 10.6. The van der Waals surface area contributed by atoms with E-state index in [9.17, 15) is 4.79 Å². The molecule has 1 aromatic heterocycles. The Hall–Kier alpha value is -2.27. The van der Waals surface area contributed by atoms with Crippen LogP contribution < -0.4 is 15.2 Å². The molecule has 1 heterocycles. The highest BCUT2D eigenvalue weighted by Gasteiger charge is 2.14. The molecule has 0 fully saturated rings. The lowest BCUT2D eigenvalue weighted by atomic mass is 10.1. The number of nitrogens with two attached hydrogens (primary N) is 1. The van der Waals surface area contributed by atoms with Crippen molar-refractivity contribution in [1.82, 2.24) is 0 Å². The Labute approximate surface area is 110 Å². The number of furan rings is 1. The molecule has 5 heteroatoms. The zero-order valence-electron chi connectivity index (χ0n) is 10.6. The first-order valence-electron chi connectivity index (χ1n) is 5.87. The van der Waals surface area contributed by atoms with E-state index in [0.29, 0.717) is 18.0 Å². The van der Waals surface area contributed by atoms with Crippen LogP contribution in [-0.2, 0) is 6.42 Å². The molecule has 0 amide bonds. The lowest BCUT2D eigenvalue weighted by Gasteiger charge is -2.10. The molecule has 19 heavy (non-hydrogen) atoms. The van der Waals surface area contributed by atoms with Crippen molar-refractivity contribution in [3.63, 3.8) is 0 Å². The summed E-state index contributed by atoms with van der Waals surface area (Å²) < 4.78 is 15.4. The number of rotatable bonds is 5. The van der Waals surface area contributed by atoms with E-state index in [2.05, 4.69) is 0 Å². The molecule has 0 saturated carbocycles. The van der Waals surface area contributed by atoms with Crippen LogP contribution in [0.25, 0.3) is 0 Å². The summed E-state index contributed by atoms with van der Waals surface area (Å²) >= 11 is 0. The third-order valence-corrected chi connectivity index (χ3v) is 2.59. The largest absolute Gasteiger partial charge is 0.493 e. The molecule has 1 aromatic carbocycles. The van der Waals surface area contributed by atoms with Gasteiger partial charge in [0.15, 0.2) is 11.5 Å². The van der Waals surface area contributed by atoms with Crippen molar-refractivity contribution < 1.29 is 18.7 Å². The number of carbonyl (C=O) groups is 1. The maximum Gasteiger partial charge on any atom is 0.379 e. The number of benzene rings is 1. The lowest BCUT2D eigenvalue weighted by Crippen LogP contribution is -2.08. The van der Waals surface area contributed by atoms with Gasteiger partial charge in [-0.15, -0.1) is 0 Å². The lowest BCUT2D eigenvalue weighted by molar-refractivity contribution is 0.0696. The van der Waals surface area contributed by atoms with Crippen LogP contribution in [0.5, 0.6) is 11.5 Å². The van der Waals surface area contributed by atoms with Gasteiger partial charge in [-0.3, -0.25) is 0 Å². The Bertz CT molecular complexity index is 549. The smallest absolute Gasteiger partial charge is 0.379 e. The maximum atomic E-state index is 11.8. The van der Waals surface area contributed by atoms with E-state index in [1.165, 1.54) is 19.4 Å². The van der Waals surface area contributed by atoms with E-state index in [-0.39, 0.29) is 5.76 Å². The van der Waals surface area contributed by atoms with E-state index >= 15 is 0 Å². The third-order valence-electron chi connectivity index (χ3n) is 2.59. The summed E-state index contributed by atoms with van der Waals surface area (Å²) in [5.74, 6) is 0.429. The van der Waals surface area contributed by atoms with Crippen molar-refractivity contribution in [3.05, 3.63) is 47.9 Å². The number of esters is 1. The number of carbonyl (C=O) groups excluding carboxylic acids is 1. The molecular formula is C14H15NO4. The quantitative estimate of drug-likeness (QED) is 0.658. The second kappa shape index (κ2) is 6.06. The normalized spacial score (nSPS) is 10.2. The molecule has 0 unspecified atom stereocenters. The molecule has 5 nitrogen and oxygen atoms in total. The monoisotopic (exact) mass is 261 g/mol. The van der Waals surface area contributed by atoms with Crippen LogP contribution >= 0.6 is 0 Å². The van der Waals surface area contributed by atoms with Crippen LogP contribution in [0.2, 0.25) is 0 Å². The van der Waals surface area contributed by atoms with Gasteiger partial charge < -0.3 is 19.6 Å². The average Bonchev–Trinajstić information content (AvgIpc) is 2.94. The third kappa shape index (κ3) is 3.14. The molecule has 0 atom stereocenters. The minimum Gasteiger partial charge on any atom is -0.493 e. The zero-order chi connectivity index (χ0) is 13.7. The van der Waals surface area contributed by atoms with Gasteiger partial charge in [-0.05, 0) is 42.8 Å². The summed E-state index contributed by atoms with van der Waals surface area (Å²) in [6.45, 7) is 0.550. The first-order chi connectivity index (χ1) is 9.24. The fourth-order valence-corrected chi connectivity index (χ4v) is 1.66. The van der Waals surface area contributed by atoms with Crippen LogP contribution in [-0.4, -0.2) is 19.6 Å². The van der Waals surface area contributed by atoms with Gasteiger partial charge in [0.05, 0.1) is 13.4 Å². The Morgan fingerprint density at radius 1 is 1.32 bits per heavy atom. The first kappa shape index (κ1) is 13.2. The molecule has 0 aliphatic rings. The van der Waals surface area contributed by atoms with E-state index in [1.807, 2.05) is 6.07 Å². The summed E-state index contributed by atoms with van der Waals surface area (Å²) in [5.41, 5.74) is 6.52. The topological polar surface area (TPSA) is 74.7 Å². The molecule has 0 aliphatic heterocycles. The predicted molar refractivity (Wildman–Crippen MR) is 69.4 cm³/mol. The Morgan fingerprint density at radius 3 is 2.79 bits per heavy atom. The van der Waals surface area contributed by atoms with E-state index in [4.69, 9.17) is 19.6 Å². The van der Waals surface area contributed by atoms with Gasteiger partial charge in [0.25, 0.3) is 0 Å². The maximum absolute atomic E-state index is 11.8. The van der Waals surface area contributed by atoms with E-state index in [0.717, 1.165) is 12.0 Å². The highest BCUT2D eigenvalue weighted by atomic mass is 16.6. The second-order valence-corrected chi connectivity index (χ2v) is 3.89. The van der Waals surface area contributed by atoms with E-state index < -0.39 is 5.97 Å². The fourth-order valence-electron chi connectivity index (χ4n) is 1.66. The molecular weight excluding hydrogens is 246 g/mol. The standard InChI is InChI=1S/C14H15NO4/c1-17-13-9-10(6-7-15)4-5-11(13)19-14(16)12-3-2-8-18-12/h2-5,8-9H,6-7,15H2,1H3. The van der Waals surface area contributed by atoms with Gasteiger partial charge in [-0.25, -0.2) is 4.79 Å². The minimum atomic E-state index is -0.560. The summed E-state index contributed by atoms with van der Waals surface area (Å²) in [6.07, 6.45) is 2.15. The Kier molecular flexibility index (Phi) is 4.20. The van der Waals surface area contributed by atoms with Gasteiger partial charge in [0, 0.05) is 0 Å². The summed E-state index contributed by atoms with van der Waals surface area (Å²) in [6, 6.07) is 8.50. The fraction of sp³-hybridized carbons (Fsp3) is 0.214. The average molecular weight is 261 g/mol. The van der Waals surface area contributed by atoms with Gasteiger partial charge in [0.2, 0.25) is 5.76 Å². The van der Waals surface area contributed by atoms with Crippen LogP contribution in [0.15, 0.2) is 41.0 Å². The number of hydrogen-bond donors (Lipinski definition) is 1. The van der Waals surface area contributed by atoms with Gasteiger partial charge in [-0.2, -0.15) is 0 Å². The molecule has 2 rings (SSSR count). The van der Waals surface area contributed by atoms with Crippen molar-refractivity contribution >= 4 is 5.97 Å². The van der Waals surface area contributed by atoms with Crippen LogP contribution in [0.1, 0.15) is 16.1 Å². The summed E-state index contributed by atoms with van der Waals surface area (Å²) in [7, 11) is 1.52. The van der Waals surface area contributed by atoms with Crippen LogP contribution in [0.4, 0.5) is 0 Å². The first-order valence-corrected chi connectivity index (χ1v) is 5.87. The Balaban J connectivity index is 2.18. The second-order valence-electron chi connectivity index (χ2n) is 3.89. The van der Waals surface area contributed by atoms with Gasteiger partial charge in [0.1, 0.15) is 0 Å². The highest BCUT2D eigenvalue weighted by molar-refractivity contribution is 5.88. The molecule has 0 saturated heterocycles. The van der Waals surface area contributed by atoms with Crippen LogP contribution in [0.3, 0.4) is 0 Å². The SMILES string of the molecule is COc1cc(CCN)ccc1OC(=O)c1ccco1. The molecule has 0 bridgehead atoms. The van der Waals surface area contributed by atoms with Crippen molar-refractivity contribution in [1.29, 1.82) is 0 Å². The molecule has 0 aliphatic carbocycles. The van der Waals surface area contributed by atoms with Crippen molar-refractivity contribution in [2.75, 3.05) is 13.7 Å². The number of ether oxygens (including phenoxy) is 2. The summed E-state index contributed by atoms with van der Waals surface area (Å²) in [4.78, 5) is 11.8. The molecule has 100 valence electrons. The molecule has 0 radical (unpaired) electrons. The number of methoxy groups -OCH3 is 1. The van der Waals surface area contributed by atoms with Crippen molar-refractivity contribution in [3.8, 4) is 11.5 Å². The van der Waals surface area contributed by atoms with Gasteiger partial charge in [-0.1, -0.05) is 6.07 Å². The van der Waals surface area contributed by atoms with Gasteiger partial charge >= 0.3 is 5.97 Å². The van der Waals surface area contributed by atoms with Crippen LogP contribution in [0, 0.1) is 0 Å². The predicted octanol–water partition coefficient (Wildman–Crippen LogP) is 2.01. The minimum absolute atomic E-state index is 0.146.